The zero-order chi connectivity index (χ0) is 14.8. The van der Waals surface area contributed by atoms with Crippen LogP contribution in [-0.4, -0.2) is 37.0 Å². The van der Waals surface area contributed by atoms with Crippen molar-refractivity contribution in [3.8, 4) is 6.07 Å². The van der Waals surface area contributed by atoms with E-state index in [2.05, 4.69) is 0 Å². The molecular weight excluding hydrogens is 271 g/mol. The van der Waals surface area contributed by atoms with Crippen molar-refractivity contribution >= 4 is 10.0 Å². The Bertz CT molecular complexity index is 620. The van der Waals surface area contributed by atoms with E-state index >= 15 is 0 Å². The van der Waals surface area contributed by atoms with Crippen LogP contribution in [0.2, 0.25) is 0 Å². The zero-order valence-electron chi connectivity index (χ0n) is 10.9. The van der Waals surface area contributed by atoms with Crippen LogP contribution in [0.4, 0.5) is 4.39 Å². The highest BCUT2D eigenvalue weighted by Gasteiger charge is 2.35. The van der Waals surface area contributed by atoms with Gasteiger partial charge in [0.2, 0.25) is 10.0 Å². The molecule has 7 heteroatoms. The summed E-state index contributed by atoms with van der Waals surface area (Å²) in [5.74, 6) is -0.890. The molecule has 0 radical (unpaired) electrons. The number of hydrogen-bond donors (Lipinski definition) is 1. The lowest BCUT2D eigenvalue weighted by atomic mass is 10.1. The largest absolute Gasteiger partial charge is 0.394 e. The summed E-state index contributed by atoms with van der Waals surface area (Å²) in [6.45, 7) is 2.64. The molecule has 0 aliphatic rings. The molecule has 19 heavy (non-hydrogen) atoms. The van der Waals surface area contributed by atoms with Gasteiger partial charge in [0.1, 0.15) is 22.3 Å². The van der Waals surface area contributed by atoms with Crippen molar-refractivity contribution in [3.05, 3.63) is 29.6 Å². The number of aliphatic hydroxyl groups excluding tert-OH is 1. The monoisotopic (exact) mass is 286 g/mol. The van der Waals surface area contributed by atoms with Crippen LogP contribution in [-0.2, 0) is 10.0 Å². The van der Waals surface area contributed by atoms with Crippen LogP contribution in [0.1, 0.15) is 19.4 Å². The molecule has 0 unspecified atom stereocenters. The van der Waals surface area contributed by atoms with Crippen LogP contribution in [0.5, 0.6) is 0 Å². The first-order chi connectivity index (χ1) is 8.68. The fraction of sp³-hybridized carbons (Fsp3) is 0.417. The van der Waals surface area contributed by atoms with Crippen LogP contribution in [0.15, 0.2) is 23.1 Å². The van der Waals surface area contributed by atoms with E-state index in [9.17, 15) is 17.9 Å². The first-order valence-corrected chi connectivity index (χ1v) is 6.91. The minimum absolute atomic E-state index is 0.403. The maximum atomic E-state index is 13.5. The maximum Gasteiger partial charge on any atom is 0.244 e. The number of sulfonamides is 1. The molecule has 1 N–H and O–H groups in total. The van der Waals surface area contributed by atoms with Gasteiger partial charge < -0.3 is 5.11 Å². The zero-order valence-corrected chi connectivity index (χ0v) is 11.7. The molecule has 0 atom stereocenters. The summed E-state index contributed by atoms with van der Waals surface area (Å²) in [6.07, 6.45) is 0. The van der Waals surface area contributed by atoms with Gasteiger partial charge in [-0.3, -0.25) is 0 Å². The Hall–Kier alpha value is -1.49. The summed E-state index contributed by atoms with van der Waals surface area (Å²) in [4.78, 5) is -0.404. The molecule has 104 valence electrons. The summed E-state index contributed by atoms with van der Waals surface area (Å²) in [5, 5.41) is 18.1. The highest BCUT2D eigenvalue weighted by molar-refractivity contribution is 7.89. The Morgan fingerprint density at radius 3 is 2.53 bits per heavy atom. The van der Waals surface area contributed by atoms with E-state index in [0.29, 0.717) is 0 Å². The van der Waals surface area contributed by atoms with Crippen molar-refractivity contribution in [2.75, 3.05) is 13.7 Å². The van der Waals surface area contributed by atoms with Crippen molar-refractivity contribution in [2.24, 2.45) is 0 Å². The minimum atomic E-state index is -4.06. The van der Waals surface area contributed by atoms with Gasteiger partial charge in [0.15, 0.2) is 0 Å². The van der Waals surface area contributed by atoms with Crippen molar-refractivity contribution in [3.63, 3.8) is 0 Å². The van der Waals surface area contributed by atoms with E-state index in [4.69, 9.17) is 5.26 Å². The minimum Gasteiger partial charge on any atom is -0.394 e. The summed E-state index contributed by atoms with van der Waals surface area (Å²) in [7, 11) is -2.79. The van der Waals surface area contributed by atoms with E-state index in [-0.39, 0.29) is 0 Å². The third kappa shape index (κ3) is 2.76. The molecule has 0 saturated heterocycles. The number of rotatable bonds is 4. The molecule has 0 aliphatic carbocycles. The van der Waals surface area contributed by atoms with Gasteiger partial charge >= 0.3 is 0 Å². The second kappa shape index (κ2) is 5.25. The molecule has 0 heterocycles. The van der Waals surface area contributed by atoms with E-state index in [0.717, 1.165) is 10.4 Å². The van der Waals surface area contributed by atoms with E-state index < -0.39 is 38.4 Å². The summed E-state index contributed by atoms with van der Waals surface area (Å²) >= 11 is 0. The Labute approximate surface area is 111 Å². The topological polar surface area (TPSA) is 81.4 Å². The molecule has 0 bridgehead atoms. The second-order valence-electron chi connectivity index (χ2n) is 4.67. The normalized spacial score (nSPS) is 12.5. The smallest absolute Gasteiger partial charge is 0.244 e. The molecule has 1 rings (SSSR count). The van der Waals surface area contributed by atoms with Gasteiger partial charge in [-0.15, -0.1) is 0 Å². The average Bonchev–Trinajstić information content (AvgIpc) is 2.37. The van der Waals surface area contributed by atoms with Crippen LogP contribution in [0, 0.1) is 17.1 Å². The molecular formula is C12H15FN2O3S. The Kier molecular flexibility index (Phi) is 4.30. The van der Waals surface area contributed by atoms with Gasteiger partial charge in [-0.2, -0.15) is 9.57 Å². The Balaban J connectivity index is 3.46. The second-order valence-corrected chi connectivity index (χ2v) is 6.61. The first kappa shape index (κ1) is 15.6. The van der Waals surface area contributed by atoms with Crippen molar-refractivity contribution in [1.82, 2.24) is 4.31 Å². The highest BCUT2D eigenvalue weighted by Crippen LogP contribution is 2.26. The van der Waals surface area contributed by atoms with Gasteiger partial charge in [0.05, 0.1) is 12.1 Å². The highest BCUT2D eigenvalue weighted by atomic mass is 32.2. The van der Waals surface area contributed by atoms with Crippen molar-refractivity contribution in [2.45, 2.75) is 24.3 Å². The SMILES string of the molecule is CN(C(C)(C)CO)S(=O)(=O)c1cccc(F)c1C#N. The van der Waals surface area contributed by atoms with Crippen molar-refractivity contribution in [1.29, 1.82) is 5.26 Å². The van der Waals surface area contributed by atoms with Crippen LogP contribution < -0.4 is 0 Å². The number of nitrogens with zero attached hydrogens (tertiary/aromatic N) is 2. The summed E-state index contributed by atoms with van der Waals surface area (Å²) in [6, 6.07) is 4.97. The van der Waals surface area contributed by atoms with Gasteiger partial charge in [-0.1, -0.05) is 6.07 Å². The van der Waals surface area contributed by atoms with Gasteiger partial charge in [-0.25, -0.2) is 12.8 Å². The lowest BCUT2D eigenvalue weighted by molar-refractivity contribution is 0.138. The maximum absolute atomic E-state index is 13.5. The fourth-order valence-electron chi connectivity index (χ4n) is 1.40. The molecule has 0 amide bonds. The molecule has 5 nitrogen and oxygen atoms in total. The fourth-order valence-corrected chi connectivity index (χ4v) is 3.06. The van der Waals surface area contributed by atoms with Crippen LogP contribution in [0.25, 0.3) is 0 Å². The number of nitriles is 1. The molecule has 0 aromatic heterocycles. The summed E-state index contributed by atoms with van der Waals surface area (Å²) < 4.78 is 39.1. The standard InChI is InChI=1S/C12H15FN2O3S/c1-12(2,8-16)15(3)19(17,18)11-6-4-5-10(13)9(11)7-14/h4-6,16H,8H2,1-3H3. The van der Waals surface area contributed by atoms with Gasteiger partial charge in [-0.05, 0) is 26.0 Å². The van der Waals surface area contributed by atoms with Crippen LogP contribution in [0.3, 0.4) is 0 Å². The number of aliphatic hydroxyl groups is 1. The van der Waals surface area contributed by atoms with Gasteiger partial charge in [0.25, 0.3) is 0 Å². The Morgan fingerprint density at radius 2 is 2.05 bits per heavy atom. The molecule has 0 saturated carbocycles. The number of halogens is 1. The third-order valence-corrected chi connectivity index (χ3v) is 5.08. The van der Waals surface area contributed by atoms with Crippen LogP contribution >= 0.6 is 0 Å². The lowest BCUT2D eigenvalue weighted by Crippen LogP contribution is -2.47. The molecule has 1 aromatic carbocycles. The number of hydrogen-bond acceptors (Lipinski definition) is 4. The first-order valence-electron chi connectivity index (χ1n) is 5.47. The van der Waals surface area contributed by atoms with E-state index in [1.807, 2.05) is 0 Å². The van der Waals surface area contributed by atoms with Crippen molar-refractivity contribution < 1.29 is 17.9 Å². The molecule has 0 spiro atoms. The number of likely N-dealkylation sites (N-methyl/N-ethyl adjacent to an activating group) is 1. The third-order valence-electron chi connectivity index (χ3n) is 2.97. The van der Waals surface area contributed by atoms with Gasteiger partial charge in [0, 0.05) is 7.05 Å². The molecule has 1 aromatic rings. The summed E-state index contributed by atoms with van der Waals surface area (Å²) in [5.41, 5.74) is -1.58. The molecule has 0 aliphatic heterocycles. The molecule has 0 fully saturated rings. The quantitative estimate of drug-likeness (QED) is 0.898. The lowest BCUT2D eigenvalue weighted by Gasteiger charge is -2.32. The van der Waals surface area contributed by atoms with E-state index in [1.54, 1.807) is 6.07 Å². The average molecular weight is 286 g/mol. The number of benzene rings is 1. The predicted molar refractivity (Wildman–Crippen MR) is 67.2 cm³/mol. The van der Waals surface area contributed by atoms with E-state index in [1.165, 1.54) is 33.0 Å². The predicted octanol–water partition coefficient (Wildman–Crippen LogP) is 1.09. The Morgan fingerprint density at radius 1 is 1.47 bits per heavy atom.